The van der Waals surface area contributed by atoms with Crippen LogP contribution in [0.5, 0.6) is 0 Å². The summed E-state index contributed by atoms with van der Waals surface area (Å²) in [5.41, 5.74) is 1.34. The minimum Gasteiger partial charge on any atom is -0.365 e. The second-order valence-corrected chi connectivity index (χ2v) is 7.53. The molecule has 1 amide bonds. The van der Waals surface area contributed by atoms with Crippen LogP contribution in [0.4, 0.5) is 5.82 Å². The average molecular weight is 355 g/mol. The second-order valence-electron chi connectivity index (χ2n) is 7.53. The maximum absolute atomic E-state index is 12.4. The van der Waals surface area contributed by atoms with Crippen molar-refractivity contribution in [3.05, 3.63) is 54.0 Å². The molecule has 1 atom stereocenters. The molecule has 0 saturated heterocycles. The Bertz CT molecular complexity index is 698. The van der Waals surface area contributed by atoms with E-state index in [-0.39, 0.29) is 17.4 Å². The highest BCUT2D eigenvalue weighted by Crippen LogP contribution is 2.21. The van der Waals surface area contributed by atoms with Crippen LogP contribution >= 0.6 is 0 Å². The molecule has 6 nitrogen and oxygen atoms in total. The Morgan fingerprint density at radius 2 is 1.85 bits per heavy atom. The van der Waals surface area contributed by atoms with Gasteiger partial charge in [-0.3, -0.25) is 4.79 Å². The lowest BCUT2D eigenvalue weighted by molar-refractivity contribution is 0.0940. The summed E-state index contributed by atoms with van der Waals surface area (Å²) in [6, 6.07) is 10.4. The molecule has 0 fully saturated rings. The van der Waals surface area contributed by atoms with Crippen LogP contribution < -0.4 is 10.6 Å². The maximum Gasteiger partial charge on any atom is 0.271 e. The lowest BCUT2D eigenvalue weighted by Gasteiger charge is -2.25. The third-order valence-corrected chi connectivity index (χ3v) is 4.16. The molecule has 2 N–H and O–H groups in total. The van der Waals surface area contributed by atoms with Crippen molar-refractivity contribution >= 4 is 11.7 Å². The van der Waals surface area contributed by atoms with Gasteiger partial charge in [-0.2, -0.15) is 0 Å². The second kappa shape index (κ2) is 8.76. The van der Waals surface area contributed by atoms with Crippen molar-refractivity contribution in [3.63, 3.8) is 0 Å². The molecule has 140 valence electrons. The van der Waals surface area contributed by atoms with Gasteiger partial charge in [0.15, 0.2) is 0 Å². The number of nitrogens with one attached hydrogen (secondary N) is 2. The monoisotopic (exact) mass is 355 g/mol. The van der Waals surface area contributed by atoms with Crippen molar-refractivity contribution in [2.75, 3.05) is 32.5 Å². The summed E-state index contributed by atoms with van der Waals surface area (Å²) in [6.45, 7) is 7.70. The van der Waals surface area contributed by atoms with Crippen LogP contribution in [0.2, 0.25) is 0 Å². The third kappa shape index (κ3) is 5.81. The number of rotatable bonds is 8. The van der Waals surface area contributed by atoms with Crippen LogP contribution in [0.25, 0.3) is 0 Å². The largest absolute Gasteiger partial charge is 0.365 e. The van der Waals surface area contributed by atoms with Gasteiger partial charge in [-0.1, -0.05) is 44.2 Å². The van der Waals surface area contributed by atoms with Gasteiger partial charge in [-0.05, 0) is 26.6 Å². The summed E-state index contributed by atoms with van der Waals surface area (Å²) in [7, 11) is 4.04. The number of anilines is 1. The number of carbonyl (C=O) groups excluding carboxylic acids is 1. The van der Waals surface area contributed by atoms with Crippen molar-refractivity contribution in [2.24, 2.45) is 0 Å². The summed E-state index contributed by atoms with van der Waals surface area (Å²) in [5.74, 6) is 0.454. The highest BCUT2D eigenvalue weighted by Gasteiger charge is 2.21. The zero-order valence-electron chi connectivity index (χ0n) is 16.3. The van der Waals surface area contributed by atoms with Crippen LogP contribution in [-0.4, -0.2) is 54.0 Å². The zero-order chi connectivity index (χ0) is 19.2. The molecule has 0 aliphatic rings. The molecule has 0 unspecified atom stereocenters. The van der Waals surface area contributed by atoms with E-state index in [1.165, 1.54) is 11.8 Å². The van der Waals surface area contributed by atoms with Gasteiger partial charge >= 0.3 is 0 Å². The zero-order valence-corrected chi connectivity index (χ0v) is 16.3. The molecule has 0 spiro atoms. The smallest absolute Gasteiger partial charge is 0.271 e. The third-order valence-electron chi connectivity index (χ3n) is 4.16. The lowest BCUT2D eigenvalue weighted by atomic mass is 9.84. The number of aromatic nitrogens is 2. The maximum atomic E-state index is 12.4. The Morgan fingerprint density at radius 1 is 1.15 bits per heavy atom. The molecule has 2 aromatic rings. The molecule has 0 radical (unpaired) electrons. The fourth-order valence-electron chi connectivity index (χ4n) is 2.75. The molecular formula is C20H29N5O. The van der Waals surface area contributed by atoms with Gasteiger partial charge in [0.2, 0.25) is 0 Å². The van der Waals surface area contributed by atoms with E-state index in [4.69, 9.17) is 0 Å². The van der Waals surface area contributed by atoms with Crippen molar-refractivity contribution in [2.45, 2.75) is 32.2 Å². The normalized spacial score (nSPS) is 12.7. The standard InChI is InChI=1S/C20H29N5O/c1-15(13-25(4)5)24-18-12-21-17(11-22-18)19(26)23-14-20(2,3)16-9-7-6-8-10-16/h6-12,15H,13-14H2,1-5H3,(H,22,24)(H,23,26)/t15-/m1/s1. The Morgan fingerprint density at radius 3 is 2.42 bits per heavy atom. The van der Waals surface area contributed by atoms with Crippen LogP contribution in [0.3, 0.4) is 0 Å². The highest BCUT2D eigenvalue weighted by atomic mass is 16.1. The van der Waals surface area contributed by atoms with Gasteiger partial charge in [0.25, 0.3) is 5.91 Å². The summed E-state index contributed by atoms with van der Waals surface area (Å²) < 4.78 is 0. The van der Waals surface area contributed by atoms with Gasteiger partial charge in [0.05, 0.1) is 12.4 Å². The fourth-order valence-corrected chi connectivity index (χ4v) is 2.75. The van der Waals surface area contributed by atoms with Crippen LogP contribution in [-0.2, 0) is 5.41 Å². The number of hydrogen-bond acceptors (Lipinski definition) is 5. The first kappa shape index (κ1) is 19.8. The topological polar surface area (TPSA) is 70.2 Å². The van der Waals surface area contributed by atoms with E-state index in [0.717, 1.165) is 6.54 Å². The van der Waals surface area contributed by atoms with Gasteiger partial charge in [-0.25, -0.2) is 9.97 Å². The summed E-state index contributed by atoms with van der Waals surface area (Å²) >= 11 is 0. The molecule has 2 rings (SSSR count). The van der Waals surface area contributed by atoms with Crippen molar-refractivity contribution in [3.8, 4) is 0 Å². The minimum absolute atomic E-state index is 0.159. The predicted octanol–water partition coefficient (Wildman–Crippen LogP) is 2.55. The minimum atomic E-state index is -0.214. The molecule has 0 aliphatic carbocycles. The SMILES string of the molecule is C[C@H](CN(C)C)Nc1cnc(C(=O)NCC(C)(C)c2ccccc2)cn1. The fraction of sp³-hybridized carbons (Fsp3) is 0.450. The van der Waals surface area contributed by atoms with Crippen molar-refractivity contribution in [1.29, 1.82) is 0 Å². The molecule has 6 heteroatoms. The Hall–Kier alpha value is -2.47. The first-order valence-electron chi connectivity index (χ1n) is 8.85. The van der Waals surface area contributed by atoms with E-state index < -0.39 is 0 Å². The highest BCUT2D eigenvalue weighted by molar-refractivity contribution is 5.92. The predicted molar refractivity (Wildman–Crippen MR) is 105 cm³/mol. The first-order chi connectivity index (χ1) is 12.3. The molecule has 1 heterocycles. The number of benzene rings is 1. The summed E-state index contributed by atoms with van der Waals surface area (Å²) in [6.07, 6.45) is 3.11. The quantitative estimate of drug-likeness (QED) is 0.761. The van der Waals surface area contributed by atoms with Crippen LogP contribution in [0.15, 0.2) is 42.7 Å². The van der Waals surface area contributed by atoms with Gasteiger partial charge in [0.1, 0.15) is 11.5 Å². The molecule has 0 saturated carbocycles. The lowest BCUT2D eigenvalue weighted by Crippen LogP contribution is -2.37. The number of nitrogens with zero attached hydrogens (tertiary/aromatic N) is 3. The van der Waals surface area contributed by atoms with Gasteiger partial charge < -0.3 is 15.5 Å². The Balaban J connectivity index is 1.91. The Labute approximate surface area is 156 Å². The first-order valence-corrected chi connectivity index (χ1v) is 8.85. The van der Waals surface area contributed by atoms with Crippen LogP contribution in [0, 0.1) is 0 Å². The van der Waals surface area contributed by atoms with E-state index in [2.05, 4.69) is 58.4 Å². The number of hydrogen-bond donors (Lipinski definition) is 2. The Kier molecular flexibility index (Phi) is 6.69. The number of likely N-dealkylation sites (N-methyl/N-ethyl adjacent to an activating group) is 1. The van der Waals surface area contributed by atoms with E-state index in [0.29, 0.717) is 18.1 Å². The van der Waals surface area contributed by atoms with Gasteiger partial charge in [-0.15, -0.1) is 0 Å². The summed E-state index contributed by atoms with van der Waals surface area (Å²) in [5, 5.41) is 6.23. The molecule has 0 bridgehead atoms. The summed E-state index contributed by atoms with van der Waals surface area (Å²) in [4.78, 5) is 23.0. The molecule has 1 aromatic heterocycles. The molecule has 26 heavy (non-hydrogen) atoms. The molecule has 0 aliphatic heterocycles. The van der Waals surface area contributed by atoms with E-state index in [1.807, 2.05) is 32.3 Å². The number of amides is 1. The average Bonchev–Trinajstić information content (AvgIpc) is 2.60. The van der Waals surface area contributed by atoms with Crippen LogP contribution in [0.1, 0.15) is 36.8 Å². The van der Waals surface area contributed by atoms with Crippen molar-refractivity contribution < 1.29 is 4.79 Å². The van der Waals surface area contributed by atoms with E-state index >= 15 is 0 Å². The van der Waals surface area contributed by atoms with E-state index in [1.54, 1.807) is 6.20 Å². The number of carbonyl (C=O) groups is 1. The molecular weight excluding hydrogens is 326 g/mol. The molecule has 1 aromatic carbocycles. The van der Waals surface area contributed by atoms with Gasteiger partial charge in [0, 0.05) is 24.5 Å². The van der Waals surface area contributed by atoms with Crippen molar-refractivity contribution in [1.82, 2.24) is 20.2 Å². The van der Waals surface area contributed by atoms with E-state index in [9.17, 15) is 4.79 Å².